The lowest BCUT2D eigenvalue weighted by Crippen LogP contribution is -2.25. The molecule has 0 spiro atoms. The third-order valence-electron chi connectivity index (χ3n) is 2.79. The minimum Gasteiger partial charge on any atom is -0.350 e. The van der Waals surface area contributed by atoms with E-state index >= 15 is 0 Å². The van der Waals surface area contributed by atoms with Crippen LogP contribution in [0.5, 0.6) is 0 Å². The molecule has 1 saturated heterocycles. The van der Waals surface area contributed by atoms with Gasteiger partial charge in [0.15, 0.2) is 6.29 Å². The van der Waals surface area contributed by atoms with Crippen molar-refractivity contribution in [3.8, 4) is 0 Å². The van der Waals surface area contributed by atoms with Crippen LogP contribution in [-0.2, 0) is 9.47 Å². The molecule has 0 aromatic carbocycles. The third kappa shape index (κ3) is 2.83. The fourth-order valence-electron chi connectivity index (χ4n) is 2.01. The third-order valence-corrected chi connectivity index (χ3v) is 3.92. The molecule has 16 heavy (non-hydrogen) atoms. The van der Waals surface area contributed by atoms with Crippen LogP contribution >= 0.6 is 11.3 Å². The lowest BCUT2D eigenvalue weighted by Gasteiger charge is -2.20. The molecule has 1 unspecified atom stereocenters. The molecule has 0 radical (unpaired) electrons. The summed E-state index contributed by atoms with van der Waals surface area (Å²) in [6.45, 7) is 6.72. The van der Waals surface area contributed by atoms with Crippen molar-refractivity contribution in [1.82, 2.24) is 5.32 Å². The second-order valence-corrected chi connectivity index (χ2v) is 4.93. The molecule has 0 aliphatic carbocycles. The molecule has 1 N–H and O–H groups in total. The van der Waals surface area contributed by atoms with E-state index in [0.717, 1.165) is 26.2 Å². The monoisotopic (exact) mass is 241 g/mol. The molecular formula is C12H19NO2S. The topological polar surface area (TPSA) is 30.5 Å². The summed E-state index contributed by atoms with van der Waals surface area (Å²) < 4.78 is 11.0. The molecule has 0 saturated carbocycles. The summed E-state index contributed by atoms with van der Waals surface area (Å²) in [6, 6.07) is 2.52. The number of hydrogen-bond acceptors (Lipinski definition) is 4. The van der Waals surface area contributed by atoms with Crippen molar-refractivity contribution in [2.75, 3.05) is 19.8 Å². The smallest absolute Gasteiger partial charge is 0.159 e. The molecule has 3 nitrogen and oxygen atoms in total. The zero-order chi connectivity index (χ0) is 11.4. The van der Waals surface area contributed by atoms with Crippen molar-refractivity contribution in [3.63, 3.8) is 0 Å². The van der Waals surface area contributed by atoms with E-state index in [0.29, 0.717) is 6.04 Å². The average Bonchev–Trinajstić information content (AvgIpc) is 2.88. The standard InChI is InChI=1S/C12H19NO2S/c1-3-13-10(8-11-14-5-6-15-11)12-9(2)4-7-16-12/h4,7,10-11,13H,3,5-6,8H2,1-2H3. The second kappa shape index (κ2) is 5.77. The highest BCUT2D eigenvalue weighted by molar-refractivity contribution is 7.10. The number of aryl methyl sites for hydroxylation is 1. The average molecular weight is 241 g/mol. The molecule has 1 fully saturated rings. The predicted octanol–water partition coefficient (Wildman–Crippen LogP) is 2.47. The Morgan fingerprint density at radius 3 is 2.81 bits per heavy atom. The highest BCUT2D eigenvalue weighted by Crippen LogP contribution is 2.28. The van der Waals surface area contributed by atoms with Crippen molar-refractivity contribution in [2.45, 2.75) is 32.6 Å². The Hall–Kier alpha value is -0.420. The summed E-state index contributed by atoms with van der Waals surface area (Å²) in [5, 5.41) is 5.65. The summed E-state index contributed by atoms with van der Waals surface area (Å²) in [4.78, 5) is 1.40. The molecule has 1 aliphatic rings. The quantitative estimate of drug-likeness (QED) is 0.859. The van der Waals surface area contributed by atoms with Crippen LogP contribution in [0, 0.1) is 6.92 Å². The first-order chi connectivity index (χ1) is 7.81. The minimum atomic E-state index is -0.0365. The van der Waals surface area contributed by atoms with Gasteiger partial charge in [-0.25, -0.2) is 0 Å². The summed E-state index contributed by atoms with van der Waals surface area (Å²) in [5.41, 5.74) is 1.36. The maximum absolute atomic E-state index is 5.51. The van der Waals surface area contributed by atoms with Crippen molar-refractivity contribution >= 4 is 11.3 Å². The van der Waals surface area contributed by atoms with E-state index in [9.17, 15) is 0 Å². The minimum absolute atomic E-state index is 0.0365. The van der Waals surface area contributed by atoms with E-state index < -0.39 is 0 Å². The number of rotatable bonds is 5. The van der Waals surface area contributed by atoms with Crippen molar-refractivity contribution in [2.24, 2.45) is 0 Å². The maximum atomic E-state index is 5.51. The lowest BCUT2D eigenvalue weighted by molar-refractivity contribution is -0.0527. The molecule has 1 aliphatic heterocycles. The van der Waals surface area contributed by atoms with Gasteiger partial charge in [0.1, 0.15) is 0 Å². The highest BCUT2D eigenvalue weighted by atomic mass is 32.1. The molecule has 90 valence electrons. The summed E-state index contributed by atoms with van der Waals surface area (Å²) in [6.07, 6.45) is 0.861. The van der Waals surface area contributed by atoms with Gasteiger partial charge in [-0.2, -0.15) is 0 Å². The Balaban J connectivity index is 2.01. The molecule has 1 atom stereocenters. The zero-order valence-electron chi connectivity index (χ0n) is 9.86. The van der Waals surface area contributed by atoms with Gasteiger partial charge in [-0.15, -0.1) is 11.3 Å². The van der Waals surface area contributed by atoms with Gasteiger partial charge in [0.2, 0.25) is 0 Å². The van der Waals surface area contributed by atoms with Crippen LogP contribution in [0.1, 0.15) is 29.8 Å². The summed E-state index contributed by atoms with van der Waals surface area (Å²) in [7, 11) is 0. The Morgan fingerprint density at radius 2 is 2.25 bits per heavy atom. The highest BCUT2D eigenvalue weighted by Gasteiger charge is 2.23. The molecule has 0 amide bonds. The molecule has 0 bridgehead atoms. The van der Waals surface area contributed by atoms with E-state index in [4.69, 9.17) is 9.47 Å². The van der Waals surface area contributed by atoms with Gasteiger partial charge in [-0.1, -0.05) is 6.92 Å². The Bertz CT molecular complexity index is 321. The Morgan fingerprint density at radius 1 is 1.50 bits per heavy atom. The number of thiophene rings is 1. The van der Waals surface area contributed by atoms with Crippen LogP contribution in [-0.4, -0.2) is 26.0 Å². The van der Waals surface area contributed by atoms with Gasteiger partial charge in [-0.3, -0.25) is 0 Å². The first-order valence-electron chi connectivity index (χ1n) is 5.82. The predicted molar refractivity (Wildman–Crippen MR) is 65.8 cm³/mol. The largest absolute Gasteiger partial charge is 0.350 e. The summed E-state index contributed by atoms with van der Waals surface area (Å²) >= 11 is 1.81. The SMILES string of the molecule is CCNC(CC1OCCO1)c1sccc1C. The lowest BCUT2D eigenvalue weighted by atomic mass is 10.1. The van der Waals surface area contributed by atoms with Crippen LogP contribution in [0.3, 0.4) is 0 Å². The first-order valence-corrected chi connectivity index (χ1v) is 6.69. The van der Waals surface area contributed by atoms with Gasteiger partial charge in [0.25, 0.3) is 0 Å². The number of hydrogen-bond donors (Lipinski definition) is 1. The van der Waals surface area contributed by atoms with E-state index in [-0.39, 0.29) is 6.29 Å². The molecule has 4 heteroatoms. The van der Waals surface area contributed by atoms with E-state index in [1.54, 1.807) is 0 Å². The molecule has 1 aromatic heterocycles. The van der Waals surface area contributed by atoms with Crippen molar-refractivity contribution < 1.29 is 9.47 Å². The van der Waals surface area contributed by atoms with Crippen LogP contribution in [0.4, 0.5) is 0 Å². The maximum Gasteiger partial charge on any atom is 0.159 e. The van der Waals surface area contributed by atoms with Crippen molar-refractivity contribution in [3.05, 3.63) is 21.9 Å². The molecular weight excluding hydrogens is 222 g/mol. The Labute approximate surface area is 101 Å². The number of ether oxygens (including phenoxy) is 2. The van der Waals surface area contributed by atoms with Gasteiger partial charge in [-0.05, 0) is 30.5 Å². The van der Waals surface area contributed by atoms with E-state index in [1.807, 2.05) is 11.3 Å². The van der Waals surface area contributed by atoms with Crippen molar-refractivity contribution in [1.29, 1.82) is 0 Å². The second-order valence-electron chi connectivity index (χ2n) is 3.98. The van der Waals surface area contributed by atoms with E-state index in [1.165, 1.54) is 10.4 Å². The first kappa shape index (κ1) is 12.0. The fourth-order valence-corrected chi connectivity index (χ4v) is 3.02. The van der Waals surface area contributed by atoms with Gasteiger partial charge < -0.3 is 14.8 Å². The van der Waals surface area contributed by atoms with Crippen LogP contribution in [0.25, 0.3) is 0 Å². The van der Waals surface area contributed by atoms with Crippen LogP contribution in [0.15, 0.2) is 11.4 Å². The van der Waals surface area contributed by atoms with Crippen LogP contribution < -0.4 is 5.32 Å². The van der Waals surface area contributed by atoms with Gasteiger partial charge in [0, 0.05) is 17.3 Å². The fraction of sp³-hybridized carbons (Fsp3) is 0.667. The van der Waals surface area contributed by atoms with Gasteiger partial charge >= 0.3 is 0 Å². The summed E-state index contributed by atoms with van der Waals surface area (Å²) in [5.74, 6) is 0. The molecule has 1 aromatic rings. The Kier molecular flexibility index (Phi) is 4.35. The van der Waals surface area contributed by atoms with Crippen LogP contribution in [0.2, 0.25) is 0 Å². The number of nitrogens with one attached hydrogen (secondary N) is 1. The zero-order valence-corrected chi connectivity index (χ0v) is 10.7. The van der Waals surface area contributed by atoms with E-state index in [2.05, 4.69) is 30.6 Å². The van der Waals surface area contributed by atoms with Gasteiger partial charge in [0.05, 0.1) is 13.2 Å². The normalized spacial score (nSPS) is 19.1. The molecule has 2 rings (SSSR count). The molecule has 2 heterocycles.